The standard InChI is InChI=1S/C16H15N3OS/c1-10-14(8-9-17)19-15(11(2)21-16(19)18-10)12-4-6-13(20-3)7-5-12/h4-7H,8H2,1-3H3. The third-order valence-corrected chi connectivity index (χ3v) is 4.51. The third kappa shape index (κ3) is 2.18. The summed E-state index contributed by atoms with van der Waals surface area (Å²) >= 11 is 1.66. The summed E-state index contributed by atoms with van der Waals surface area (Å²) < 4.78 is 7.32. The summed E-state index contributed by atoms with van der Waals surface area (Å²) in [7, 11) is 1.66. The molecule has 0 N–H and O–H groups in total. The molecule has 5 heteroatoms. The molecule has 0 fully saturated rings. The van der Waals surface area contributed by atoms with Crippen molar-refractivity contribution in [2.24, 2.45) is 0 Å². The van der Waals surface area contributed by atoms with Crippen LogP contribution in [0.4, 0.5) is 0 Å². The Morgan fingerprint density at radius 1 is 1.29 bits per heavy atom. The molecule has 0 atom stereocenters. The van der Waals surface area contributed by atoms with Gasteiger partial charge in [-0.15, -0.1) is 11.3 Å². The summed E-state index contributed by atoms with van der Waals surface area (Å²) in [4.78, 5) is 6.72. The molecule has 0 saturated carbocycles. The number of benzene rings is 1. The van der Waals surface area contributed by atoms with Crippen LogP contribution in [0, 0.1) is 25.2 Å². The van der Waals surface area contributed by atoms with Crippen LogP contribution in [-0.4, -0.2) is 16.5 Å². The van der Waals surface area contributed by atoms with Crippen LogP contribution in [0.2, 0.25) is 0 Å². The molecule has 0 spiro atoms. The van der Waals surface area contributed by atoms with Crippen LogP contribution in [0.15, 0.2) is 24.3 Å². The lowest BCUT2D eigenvalue weighted by Crippen LogP contribution is -1.96. The number of nitriles is 1. The molecule has 0 radical (unpaired) electrons. The van der Waals surface area contributed by atoms with Crippen LogP contribution >= 0.6 is 11.3 Å². The van der Waals surface area contributed by atoms with Gasteiger partial charge in [0.1, 0.15) is 5.75 Å². The Balaban J connectivity index is 2.25. The zero-order chi connectivity index (χ0) is 15.0. The minimum Gasteiger partial charge on any atom is -0.497 e. The van der Waals surface area contributed by atoms with Gasteiger partial charge in [-0.3, -0.25) is 4.40 Å². The van der Waals surface area contributed by atoms with Crippen LogP contribution in [-0.2, 0) is 6.42 Å². The quantitative estimate of drug-likeness (QED) is 0.739. The van der Waals surface area contributed by atoms with Gasteiger partial charge in [0.15, 0.2) is 4.96 Å². The normalized spacial score (nSPS) is 10.8. The third-order valence-electron chi connectivity index (χ3n) is 3.55. The summed E-state index contributed by atoms with van der Waals surface area (Å²) in [6.45, 7) is 4.05. The molecule has 0 aliphatic rings. The van der Waals surface area contributed by atoms with Crippen molar-refractivity contribution >= 4 is 16.3 Å². The maximum absolute atomic E-state index is 9.05. The van der Waals surface area contributed by atoms with E-state index in [9.17, 15) is 0 Å². The van der Waals surface area contributed by atoms with Gasteiger partial charge >= 0.3 is 0 Å². The molecule has 0 bridgehead atoms. The lowest BCUT2D eigenvalue weighted by Gasteiger charge is -2.06. The van der Waals surface area contributed by atoms with E-state index in [4.69, 9.17) is 10.00 Å². The molecule has 2 aromatic heterocycles. The fourth-order valence-electron chi connectivity index (χ4n) is 2.54. The smallest absolute Gasteiger partial charge is 0.194 e. The molecule has 0 unspecified atom stereocenters. The summed E-state index contributed by atoms with van der Waals surface area (Å²) in [5, 5.41) is 9.05. The first kappa shape index (κ1) is 13.7. The number of rotatable bonds is 3. The number of ether oxygens (including phenoxy) is 1. The monoisotopic (exact) mass is 297 g/mol. The zero-order valence-electron chi connectivity index (χ0n) is 12.2. The summed E-state index contributed by atoms with van der Waals surface area (Å²) in [6, 6.07) is 10.2. The van der Waals surface area contributed by atoms with Crippen LogP contribution in [0.25, 0.3) is 16.2 Å². The minimum absolute atomic E-state index is 0.367. The minimum atomic E-state index is 0.367. The molecule has 3 aromatic rings. The van der Waals surface area contributed by atoms with E-state index in [0.717, 1.165) is 33.4 Å². The van der Waals surface area contributed by atoms with Gasteiger partial charge in [-0.2, -0.15) is 5.26 Å². The van der Waals surface area contributed by atoms with Crippen LogP contribution in [0.5, 0.6) is 5.75 Å². The van der Waals surface area contributed by atoms with Crippen LogP contribution < -0.4 is 4.74 Å². The Hall–Kier alpha value is -2.32. The highest BCUT2D eigenvalue weighted by molar-refractivity contribution is 7.17. The van der Waals surface area contributed by atoms with Crippen molar-refractivity contribution in [3.8, 4) is 23.1 Å². The van der Waals surface area contributed by atoms with Crippen molar-refractivity contribution in [3.05, 3.63) is 40.5 Å². The molecule has 0 saturated heterocycles. The molecular weight excluding hydrogens is 282 g/mol. The predicted octanol–water partition coefficient (Wildman–Crippen LogP) is 3.75. The SMILES string of the molecule is COc1ccc(-c2c(C)sc3nc(C)c(CC#N)n23)cc1. The maximum atomic E-state index is 9.05. The Morgan fingerprint density at radius 3 is 2.62 bits per heavy atom. The van der Waals surface area contributed by atoms with Crippen molar-refractivity contribution in [1.29, 1.82) is 5.26 Å². The number of aryl methyl sites for hydroxylation is 2. The lowest BCUT2D eigenvalue weighted by molar-refractivity contribution is 0.415. The van der Waals surface area contributed by atoms with Gasteiger partial charge in [0, 0.05) is 4.88 Å². The molecule has 21 heavy (non-hydrogen) atoms. The van der Waals surface area contributed by atoms with E-state index in [1.54, 1.807) is 18.4 Å². The predicted molar refractivity (Wildman–Crippen MR) is 83.8 cm³/mol. The Labute approximate surface area is 127 Å². The second-order valence-corrected chi connectivity index (χ2v) is 6.01. The fraction of sp³-hybridized carbons (Fsp3) is 0.250. The molecule has 0 aliphatic carbocycles. The molecule has 1 aromatic carbocycles. The van der Waals surface area contributed by atoms with E-state index in [1.807, 2.05) is 31.2 Å². The van der Waals surface area contributed by atoms with Crippen molar-refractivity contribution in [3.63, 3.8) is 0 Å². The van der Waals surface area contributed by atoms with Crippen molar-refractivity contribution < 1.29 is 4.74 Å². The highest BCUT2D eigenvalue weighted by atomic mass is 32.1. The second kappa shape index (κ2) is 5.23. The number of hydrogen-bond donors (Lipinski definition) is 0. The first-order valence-corrected chi connectivity index (χ1v) is 7.46. The van der Waals surface area contributed by atoms with Gasteiger partial charge in [-0.25, -0.2) is 4.98 Å². The van der Waals surface area contributed by atoms with Crippen LogP contribution in [0.1, 0.15) is 16.3 Å². The van der Waals surface area contributed by atoms with Gasteiger partial charge in [-0.05, 0) is 43.7 Å². The molecule has 0 aliphatic heterocycles. The molecule has 0 amide bonds. The molecule has 4 nitrogen and oxygen atoms in total. The number of imidazole rings is 1. The van der Waals surface area contributed by atoms with Gasteiger partial charge in [0.25, 0.3) is 0 Å². The highest BCUT2D eigenvalue weighted by Gasteiger charge is 2.18. The van der Waals surface area contributed by atoms with E-state index >= 15 is 0 Å². The maximum Gasteiger partial charge on any atom is 0.194 e. The second-order valence-electron chi connectivity index (χ2n) is 4.83. The number of hydrogen-bond acceptors (Lipinski definition) is 4. The topological polar surface area (TPSA) is 50.3 Å². The van der Waals surface area contributed by atoms with E-state index in [-0.39, 0.29) is 0 Å². The number of thiazole rings is 1. The Morgan fingerprint density at radius 2 is 2.00 bits per heavy atom. The van der Waals surface area contributed by atoms with Crippen molar-refractivity contribution in [2.45, 2.75) is 20.3 Å². The number of aromatic nitrogens is 2. The molecule has 2 heterocycles. The van der Waals surface area contributed by atoms with Gasteiger partial charge in [-0.1, -0.05) is 0 Å². The van der Waals surface area contributed by atoms with Crippen molar-refractivity contribution in [1.82, 2.24) is 9.38 Å². The van der Waals surface area contributed by atoms with E-state index in [0.29, 0.717) is 6.42 Å². The molecular formula is C16H15N3OS. The average Bonchev–Trinajstić information content (AvgIpc) is 2.95. The average molecular weight is 297 g/mol. The number of nitrogens with zero attached hydrogens (tertiary/aromatic N) is 3. The van der Waals surface area contributed by atoms with E-state index < -0.39 is 0 Å². The summed E-state index contributed by atoms with van der Waals surface area (Å²) in [6.07, 6.45) is 0.367. The summed E-state index contributed by atoms with van der Waals surface area (Å²) in [5.41, 5.74) is 4.12. The fourth-order valence-corrected chi connectivity index (χ4v) is 3.60. The zero-order valence-corrected chi connectivity index (χ0v) is 13.0. The summed E-state index contributed by atoms with van der Waals surface area (Å²) in [5.74, 6) is 0.835. The van der Waals surface area contributed by atoms with Gasteiger partial charge in [0.05, 0.1) is 36.7 Å². The van der Waals surface area contributed by atoms with Gasteiger partial charge < -0.3 is 4.74 Å². The Kier molecular flexibility index (Phi) is 3.40. The Bertz CT molecular complexity index is 837. The van der Waals surface area contributed by atoms with Crippen molar-refractivity contribution in [2.75, 3.05) is 7.11 Å². The van der Waals surface area contributed by atoms with Gasteiger partial charge in [0.2, 0.25) is 0 Å². The number of methoxy groups -OCH3 is 1. The lowest BCUT2D eigenvalue weighted by atomic mass is 10.1. The molecule has 106 valence electrons. The number of fused-ring (bicyclic) bond motifs is 1. The van der Waals surface area contributed by atoms with E-state index in [2.05, 4.69) is 22.4 Å². The van der Waals surface area contributed by atoms with Crippen LogP contribution in [0.3, 0.4) is 0 Å². The first-order valence-electron chi connectivity index (χ1n) is 6.64. The largest absolute Gasteiger partial charge is 0.497 e. The highest BCUT2D eigenvalue weighted by Crippen LogP contribution is 2.34. The molecule has 3 rings (SSSR count). The first-order chi connectivity index (χ1) is 10.2. The van der Waals surface area contributed by atoms with E-state index in [1.165, 1.54) is 4.88 Å².